The Labute approximate surface area is 111 Å². The standard InChI is InChI=1S/C15H27NO2/c1-14(2)10-12(17)11-15(3,4)16(14)18-13-8-6-5-7-9-13/h8,12,17H,5-7,9-11H2,1-4H3. The van der Waals surface area contributed by atoms with Gasteiger partial charge in [-0.15, -0.1) is 5.06 Å². The lowest BCUT2D eigenvalue weighted by Gasteiger charge is -2.52. The summed E-state index contributed by atoms with van der Waals surface area (Å²) in [5.74, 6) is 1.11. The molecule has 0 amide bonds. The van der Waals surface area contributed by atoms with Crippen molar-refractivity contribution in [2.24, 2.45) is 0 Å². The van der Waals surface area contributed by atoms with Gasteiger partial charge < -0.3 is 9.94 Å². The van der Waals surface area contributed by atoms with Crippen LogP contribution in [0.2, 0.25) is 0 Å². The summed E-state index contributed by atoms with van der Waals surface area (Å²) in [5.41, 5.74) is -0.251. The average Bonchev–Trinajstić information content (AvgIpc) is 2.23. The molecule has 1 aliphatic heterocycles. The van der Waals surface area contributed by atoms with Crippen LogP contribution in [0.1, 0.15) is 66.2 Å². The fourth-order valence-electron chi connectivity index (χ4n) is 3.47. The Balaban J connectivity index is 2.14. The average molecular weight is 253 g/mol. The normalized spacial score (nSPS) is 28.8. The highest BCUT2D eigenvalue weighted by molar-refractivity contribution is 5.01. The van der Waals surface area contributed by atoms with Crippen LogP contribution in [-0.4, -0.2) is 27.4 Å². The first kappa shape index (κ1) is 13.9. The zero-order valence-corrected chi connectivity index (χ0v) is 12.2. The van der Waals surface area contributed by atoms with E-state index in [1.54, 1.807) is 0 Å². The summed E-state index contributed by atoms with van der Waals surface area (Å²) in [4.78, 5) is 6.19. The fraction of sp³-hybridized carbons (Fsp3) is 0.867. The van der Waals surface area contributed by atoms with Crippen molar-refractivity contribution in [3.8, 4) is 0 Å². The molecule has 18 heavy (non-hydrogen) atoms. The molecule has 0 spiro atoms. The van der Waals surface area contributed by atoms with E-state index >= 15 is 0 Å². The summed E-state index contributed by atoms with van der Waals surface area (Å²) < 4.78 is 0. The highest BCUT2D eigenvalue weighted by Gasteiger charge is 2.47. The van der Waals surface area contributed by atoms with E-state index in [1.165, 1.54) is 12.8 Å². The Morgan fingerprint density at radius 1 is 1.17 bits per heavy atom. The topological polar surface area (TPSA) is 32.7 Å². The molecular weight excluding hydrogens is 226 g/mol. The molecule has 0 aromatic heterocycles. The molecule has 3 heteroatoms. The van der Waals surface area contributed by atoms with Crippen LogP contribution in [0.4, 0.5) is 0 Å². The van der Waals surface area contributed by atoms with Crippen molar-refractivity contribution in [3.63, 3.8) is 0 Å². The van der Waals surface area contributed by atoms with Crippen molar-refractivity contribution in [1.29, 1.82) is 0 Å². The monoisotopic (exact) mass is 253 g/mol. The molecule has 0 aromatic carbocycles. The van der Waals surface area contributed by atoms with Gasteiger partial charge >= 0.3 is 0 Å². The minimum atomic E-state index is -0.227. The van der Waals surface area contributed by atoms with Crippen LogP contribution in [0, 0.1) is 0 Å². The highest BCUT2D eigenvalue weighted by Crippen LogP contribution is 2.40. The molecule has 0 atom stereocenters. The molecule has 1 fully saturated rings. The molecule has 1 N–H and O–H groups in total. The summed E-state index contributed by atoms with van der Waals surface area (Å²) in [7, 11) is 0. The van der Waals surface area contributed by atoms with Crippen molar-refractivity contribution in [3.05, 3.63) is 11.8 Å². The SMILES string of the molecule is CC1(C)CC(O)CC(C)(C)N1OC1=CCCCC1. The largest absolute Gasteiger partial charge is 0.410 e. The number of allylic oxidation sites excluding steroid dienone is 2. The van der Waals surface area contributed by atoms with E-state index in [4.69, 9.17) is 4.84 Å². The number of hydroxylamine groups is 2. The summed E-state index contributed by atoms with van der Waals surface area (Å²) in [5, 5.41) is 12.1. The first-order valence-electron chi connectivity index (χ1n) is 7.17. The molecule has 1 heterocycles. The predicted octanol–water partition coefficient (Wildman–Crippen LogP) is 3.39. The van der Waals surface area contributed by atoms with Gasteiger partial charge in [0.2, 0.25) is 0 Å². The van der Waals surface area contributed by atoms with Crippen LogP contribution in [0.5, 0.6) is 0 Å². The van der Waals surface area contributed by atoms with Gasteiger partial charge in [0.1, 0.15) is 5.76 Å². The first-order chi connectivity index (χ1) is 8.31. The molecule has 0 saturated carbocycles. The van der Waals surface area contributed by atoms with Crippen LogP contribution in [0.3, 0.4) is 0 Å². The number of rotatable bonds is 2. The van der Waals surface area contributed by atoms with E-state index in [2.05, 4.69) is 38.8 Å². The van der Waals surface area contributed by atoms with Gasteiger partial charge in [0, 0.05) is 6.42 Å². The quantitative estimate of drug-likeness (QED) is 0.819. The number of nitrogens with zero attached hydrogens (tertiary/aromatic N) is 1. The highest BCUT2D eigenvalue weighted by atomic mass is 16.7. The van der Waals surface area contributed by atoms with E-state index < -0.39 is 0 Å². The molecule has 104 valence electrons. The van der Waals surface area contributed by atoms with Gasteiger partial charge in [0.15, 0.2) is 0 Å². The lowest BCUT2D eigenvalue weighted by molar-refractivity contribution is -0.271. The lowest BCUT2D eigenvalue weighted by atomic mass is 9.80. The zero-order chi connectivity index (χ0) is 13.4. The second-order valence-corrected chi connectivity index (χ2v) is 6.99. The Bertz CT molecular complexity index is 315. The van der Waals surface area contributed by atoms with Crippen LogP contribution in [-0.2, 0) is 4.84 Å². The third-order valence-electron chi connectivity index (χ3n) is 4.03. The molecular formula is C15H27NO2. The van der Waals surface area contributed by atoms with Crippen molar-refractivity contribution in [2.75, 3.05) is 0 Å². The summed E-state index contributed by atoms with van der Waals surface area (Å²) in [6.07, 6.45) is 8.21. The predicted molar refractivity (Wildman–Crippen MR) is 72.9 cm³/mol. The van der Waals surface area contributed by atoms with E-state index in [-0.39, 0.29) is 17.2 Å². The van der Waals surface area contributed by atoms with Gasteiger partial charge in [0.05, 0.1) is 17.2 Å². The van der Waals surface area contributed by atoms with Gasteiger partial charge in [-0.2, -0.15) is 0 Å². The Hall–Kier alpha value is -0.540. The van der Waals surface area contributed by atoms with E-state index in [0.717, 1.165) is 31.4 Å². The Kier molecular flexibility index (Phi) is 3.75. The van der Waals surface area contributed by atoms with Crippen LogP contribution in [0.25, 0.3) is 0 Å². The maximum Gasteiger partial charge on any atom is 0.120 e. The van der Waals surface area contributed by atoms with Crippen LogP contribution in [0.15, 0.2) is 11.8 Å². The molecule has 0 aromatic rings. The summed E-state index contributed by atoms with van der Waals surface area (Å²) in [6, 6.07) is 0. The second-order valence-electron chi connectivity index (χ2n) is 6.99. The third kappa shape index (κ3) is 2.89. The van der Waals surface area contributed by atoms with E-state index in [9.17, 15) is 5.11 Å². The van der Waals surface area contributed by atoms with Crippen LogP contribution >= 0.6 is 0 Å². The third-order valence-corrected chi connectivity index (χ3v) is 4.03. The first-order valence-corrected chi connectivity index (χ1v) is 7.17. The van der Waals surface area contributed by atoms with Crippen molar-refractivity contribution in [2.45, 2.75) is 83.4 Å². The minimum Gasteiger partial charge on any atom is -0.410 e. The number of piperidine rings is 1. The smallest absolute Gasteiger partial charge is 0.120 e. The molecule has 0 unspecified atom stereocenters. The molecule has 3 nitrogen and oxygen atoms in total. The number of hydrogen-bond acceptors (Lipinski definition) is 3. The van der Waals surface area contributed by atoms with E-state index in [0.29, 0.717) is 0 Å². The van der Waals surface area contributed by atoms with Gasteiger partial charge in [-0.05, 0) is 65.9 Å². The van der Waals surface area contributed by atoms with Crippen molar-refractivity contribution in [1.82, 2.24) is 5.06 Å². The second kappa shape index (κ2) is 4.86. The number of hydrogen-bond donors (Lipinski definition) is 1. The van der Waals surface area contributed by atoms with Crippen LogP contribution < -0.4 is 0 Å². The Morgan fingerprint density at radius 2 is 1.78 bits per heavy atom. The molecule has 0 bridgehead atoms. The maximum absolute atomic E-state index is 10.0. The summed E-state index contributed by atoms with van der Waals surface area (Å²) in [6.45, 7) is 8.61. The number of aliphatic hydroxyl groups excluding tert-OH is 1. The fourth-order valence-corrected chi connectivity index (χ4v) is 3.47. The number of aliphatic hydroxyl groups is 1. The molecule has 2 aliphatic rings. The maximum atomic E-state index is 10.0. The lowest BCUT2D eigenvalue weighted by Crippen LogP contribution is -2.61. The zero-order valence-electron chi connectivity index (χ0n) is 12.2. The van der Waals surface area contributed by atoms with Gasteiger partial charge in [0.25, 0.3) is 0 Å². The van der Waals surface area contributed by atoms with Crippen molar-refractivity contribution >= 4 is 0 Å². The molecule has 1 aliphatic carbocycles. The summed E-state index contributed by atoms with van der Waals surface area (Å²) >= 11 is 0. The van der Waals surface area contributed by atoms with Gasteiger partial charge in [-0.3, -0.25) is 0 Å². The minimum absolute atomic E-state index is 0.126. The van der Waals surface area contributed by atoms with E-state index in [1.807, 2.05) is 0 Å². The van der Waals surface area contributed by atoms with Gasteiger partial charge in [-0.25, -0.2) is 0 Å². The van der Waals surface area contributed by atoms with Crippen molar-refractivity contribution < 1.29 is 9.94 Å². The molecule has 0 radical (unpaired) electrons. The molecule has 2 rings (SSSR count). The molecule has 1 saturated heterocycles. The Morgan fingerprint density at radius 3 is 2.28 bits per heavy atom. The van der Waals surface area contributed by atoms with Gasteiger partial charge in [-0.1, -0.05) is 0 Å².